The van der Waals surface area contributed by atoms with Crippen LogP contribution in [0.1, 0.15) is 11.5 Å². The van der Waals surface area contributed by atoms with Gasteiger partial charge in [0, 0.05) is 7.11 Å². The maximum atomic E-state index is 5.43. The molecule has 68 valence electrons. The van der Waals surface area contributed by atoms with Crippen molar-refractivity contribution < 1.29 is 9.15 Å². The van der Waals surface area contributed by atoms with Crippen LogP contribution in [-0.2, 0) is 11.3 Å². The molecule has 0 radical (unpaired) electrons. The topological polar surface area (TPSA) is 35.3 Å². The molecule has 3 nitrogen and oxygen atoms in total. The highest BCUT2D eigenvalue weighted by Gasteiger charge is 2.04. The van der Waals surface area contributed by atoms with E-state index in [9.17, 15) is 0 Å². The molecule has 0 fully saturated rings. The first kappa shape index (κ1) is 8.26. The molecule has 0 aliphatic heterocycles. The summed E-state index contributed by atoms with van der Waals surface area (Å²) < 4.78 is 10.4. The van der Waals surface area contributed by atoms with Gasteiger partial charge in [0.1, 0.15) is 12.1 Å². The molecular weight excluding hydrogens is 166 g/mol. The van der Waals surface area contributed by atoms with Crippen LogP contribution in [0.2, 0.25) is 0 Å². The summed E-state index contributed by atoms with van der Waals surface area (Å²) in [5.74, 6) is 0.628. The Kier molecular flexibility index (Phi) is 2.02. The van der Waals surface area contributed by atoms with Crippen molar-refractivity contribution in [2.45, 2.75) is 13.5 Å². The minimum Gasteiger partial charge on any atom is -0.438 e. The summed E-state index contributed by atoms with van der Waals surface area (Å²) in [6.45, 7) is 2.46. The Hall–Kier alpha value is -1.35. The first-order valence-electron chi connectivity index (χ1n) is 4.14. The third kappa shape index (κ3) is 1.55. The lowest BCUT2D eigenvalue weighted by Gasteiger charge is -1.88. The van der Waals surface area contributed by atoms with Gasteiger partial charge >= 0.3 is 0 Å². The fraction of sp³-hybridized carbons (Fsp3) is 0.300. The van der Waals surface area contributed by atoms with Gasteiger partial charge in [-0.25, -0.2) is 4.98 Å². The monoisotopic (exact) mass is 177 g/mol. The van der Waals surface area contributed by atoms with Crippen LogP contribution in [0.25, 0.3) is 11.1 Å². The van der Waals surface area contributed by atoms with Crippen LogP contribution in [0.3, 0.4) is 0 Å². The summed E-state index contributed by atoms with van der Waals surface area (Å²) in [6, 6.07) is 5.93. The maximum absolute atomic E-state index is 5.43. The number of hydrogen-bond acceptors (Lipinski definition) is 3. The highest BCUT2D eigenvalue weighted by atomic mass is 16.5. The van der Waals surface area contributed by atoms with Crippen molar-refractivity contribution in [3.05, 3.63) is 29.7 Å². The molecule has 0 N–H and O–H groups in total. The van der Waals surface area contributed by atoms with Gasteiger partial charge in [0.2, 0.25) is 5.89 Å². The van der Waals surface area contributed by atoms with E-state index in [0.717, 1.165) is 11.1 Å². The van der Waals surface area contributed by atoms with Crippen molar-refractivity contribution in [2.24, 2.45) is 0 Å². The summed E-state index contributed by atoms with van der Waals surface area (Å²) in [6.07, 6.45) is 0. The molecule has 0 spiro atoms. The van der Waals surface area contributed by atoms with E-state index in [1.54, 1.807) is 7.11 Å². The lowest BCUT2D eigenvalue weighted by molar-refractivity contribution is 0.161. The summed E-state index contributed by atoms with van der Waals surface area (Å²) in [5.41, 5.74) is 2.90. The molecule has 1 aromatic heterocycles. The van der Waals surface area contributed by atoms with Gasteiger partial charge in [-0.05, 0) is 24.6 Å². The molecule has 1 aromatic carbocycles. The first-order chi connectivity index (χ1) is 6.29. The van der Waals surface area contributed by atoms with Crippen molar-refractivity contribution in [3.63, 3.8) is 0 Å². The van der Waals surface area contributed by atoms with Crippen LogP contribution in [-0.4, -0.2) is 12.1 Å². The number of benzene rings is 1. The Morgan fingerprint density at radius 1 is 1.46 bits per heavy atom. The minimum absolute atomic E-state index is 0.424. The second-order valence-electron chi connectivity index (χ2n) is 3.01. The maximum Gasteiger partial charge on any atom is 0.221 e. The van der Waals surface area contributed by atoms with E-state index < -0.39 is 0 Å². The minimum atomic E-state index is 0.424. The van der Waals surface area contributed by atoms with E-state index in [1.807, 2.05) is 25.1 Å². The molecule has 0 unspecified atom stereocenters. The number of oxazole rings is 1. The van der Waals surface area contributed by atoms with E-state index in [1.165, 1.54) is 5.56 Å². The molecule has 0 aliphatic rings. The standard InChI is InChI=1S/C10H11NO2/c1-7-3-4-9-8(5-7)11-10(13-9)6-12-2/h3-5H,6H2,1-2H3. The number of methoxy groups -OCH3 is 1. The lowest BCUT2D eigenvalue weighted by atomic mass is 10.2. The van der Waals surface area contributed by atoms with Crippen molar-refractivity contribution in [1.82, 2.24) is 4.98 Å². The number of rotatable bonds is 2. The number of fused-ring (bicyclic) bond motifs is 1. The van der Waals surface area contributed by atoms with Gasteiger partial charge in [0.25, 0.3) is 0 Å². The zero-order chi connectivity index (χ0) is 9.26. The average Bonchev–Trinajstić information content (AvgIpc) is 2.46. The largest absolute Gasteiger partial charge is 0.438 e. The zero-order valence-electron chi connectivity index (χ0n) is 7.70. The fourth-order valence-corrected chi connectivity index (χ4v) is 1.27. The second-order valence-corrected chi connectivity index (χ2v) is 3.01. The predicted molar refractivity (Wildman–Crippen MR) is 49.5 cm³/mol. The third-order valence-corrected chi connectivity index (χ3v) is 1.86. The number of aromatic nitrogens is 1. The van der Waals surface area contributed by atoms with Gasteiger partial charge in [-0.1, -0.05) is 6.07 Å². The number of hydrogen-bond donors (Lipinski definition) is 0. The molecule has 1 heterocycles. The highest BCUT2D eigenvalue weighted by Crippen LogP contribution is 2.16. The van der Waals surface area contributed by atoms with E-state index >= 15 is 0 Å². The molecule has 2 rings (SSSR count). The van der Waals surface area contributed by atoms with E-state index in [-0.39, 0.29) is 0 Å². The molecule has 0 atom stereocenters. The van der Waals surface area contributed by atoms with Crippen LogP contribution in [0.4, 0.5) is 0 Å². The van der Waals surface area contributed by atoms with Gasteiger partial charge in [-0.3, -0.25) is 0 Å². The summed E-state index contributed by atoms with van der Waals surface area (Å²) >= 11 is 0. The Morgan fingerprint density at radius 2 is 2.31 bits per heavy atom. The summed E-state index contributed by atoms with van der Waals surface area (Å²) in [7, 11) is 1.63. The Bertz CT molecular complexity index is 420. The van der Waals surface area contributed by atoms with E-state index in [2.05, 4.69) is 4.98 Å². The number of aryl methyl sites for hydroxylation is 1. The Balaban J connectivity index is 2.49. The van der Waals surface area contributed by atoms with Crippen molar-refractivity contribution in [3.8, 4) is 0 Å². The highest BCUT2D eigenvalue weighted by molar-refractivity contribution is 5.73. The van der Waals surface area contributed by atoms with Crippen LogP contribution in [0, 0.1) is 6.92 Å². The molecule has 0 saturated heterocycles. The van der Waals surface area contributed by atoms with Crippen molar-refractivity contribution >= 4 is 11.1 Å². The summed E-state index contributed by atoms with van der Waals surface area (Å²) in [5, 5.41) is 0. The van der Waals surface area contributed by atoms with Gasteiger partial charge in [-0.2, -0.15) is 0 Å². The van der Waals surface area contributed by atoms with Gasteiger partial charge in [-0.15, -0.1) is 0 Å². The first-order valence-corrected chi connectivity index (χ1v) is 4.14. The van der Waals surface area contributed by atoms with Crippen molar-refractivity contribution in [2.75, 3.05) is 7.11 Å². The zero-order valence-corrected chi connectivity index (χ0v) is 7.70. The van der Waals surface area contributed by atoms with Crippen LogP contribution in [0.5, 0.6) is 0 Å². The van der Waals surface area contributed by atoms with Crippen LogP contribution < -0.4 is 0 Å². The SMILES string of the molecule is COCc1nc2cc(C)ccc2o1. The summed E-state index contributed by atoms with van der Waals surface area (Å²) in [4.78, 5) is 4.27. The molecule has 13 heavy (non-hydrogen) atoms. The van der Waals surface area contributed by atoms with Gasteiger partial charge in [0.05, 0.1) is 0 Å². The van der Waals surface area contributed by atoms with Crippen molar-refractivity contribution in [1.29, 1.82) is 0 Å². The fourth-order valence-electron chi connectivity index (χ4n) is 1.27. The average molecular weight is 177 g/mol. The third-order valence-electron chi connectivity index (χ3n) is 1.86. The number of ether oxygens (including phenoxy) is 1. The predicted octanol–water partition coefficient (Wildman–Crippen LogP) is 2.28. The molecular formula is C10H11NO2. The Labute approximate surface area is 76.3 Å². The van der Waals surface area contributed by atoms with E-state index in [4.69, 9.17) is 9.15 Å². The van der Waals surface area contributed by atoms with Crippen LogP contribution >= 0.6 is 0 Å². The Morgan fingerprint density at radius 3 is 3.08 bits per heavy atom. The molecule has 0 amide bonds. The second kappa shape index (κ2) is 3.18. The normalized spacial score (nSPS) is 10.9. The molecule has 0 aliphatic carbocycles. The van der Waals surface area contributed by atoms with Gasteiger partial charge in [0.15, 0.2) is 5.58 Å². The smallest absolute Gasteiger partial charge is 0.221 e. The molecule has 2 aromatic rings. The quantitative estimate of drug-likeness (QED) is 0.705. The molecule has 0 saturated carbocycles. The lowest BCUT2D eigenvalue weighted by Crippen LogP contribution is -1.85. The molecule has 0 bridgehead atoms. The van der Waals surface area contributed by atoms with Crippen LogP contribution in [0.15, 0.2) is 22.6 Å². The number of nitrogens with zero attached hydrogens (tertiary/aromatic N) is 1. The van der Waals surface area contributed by atoms with E-state index in [0.29, 0.717) is 12.5 Å². The van der Waals surface area contributed by atoms with Gasteiger partial charge < -0.3 is 9.15 Å². The molecule has 3 heteroatoms.